The molecule has 0 heterocycles. The Hall–Kier alpha value is -6.08. The smallest absolute Gasteiger partial charge is 0.333 e. The first kappa shape index (κ1) is 33.9. The molecule has 0 bridgehead atoms. The van der Waals surface area contributed by atoms with Crippen molar-refractivity contribution in [2.75, 3.05) is 40.0 Å². The van der Waals surface area contributed by atoms with Gasteiger partial charge in [-0.05, 0) is 0 Å². The van der Waals surface area contributed by atoms with Crippen LogP contribution in [0.1, 0.15) is 0 Å². The van der Waals surface area contributed by atoms with E-state index in [1.165, 1.54) is 0 Å². The van der Waals surface area contributed by atoms with Crippen LogP contribution in [0.4, 0.5) is 0 Å². The minimum absolute atomic E-state index is 0.399. The topological polar surface area (TPSA) is 416 Å². The molecule has 0 aromatic carbocycles. The highest BCUT2D eigenvalue weighted by molar-refractivity contribution is 4.53. The van der Waals surface area contributed by atoms with Crippen molar-refractivity contribution in [3.8, 4) is 0 Å². The van der Waals surface area contributed by atoms with Crippen molar-refractivity contribution in [3.63, 3.8) is 0 Å². The number of hydrogen-bond donors (Lipinski definition) is 0. The number of ether oxygens (including phenoxy) is 2. The summed E-state index contributed by atoms with van der Waals surface area (Å²) in [5.41, 5.74) is 0. The first-order valence-corrected chi connectivity index (χ1v) is 8.99. The minimum Gasteiger partial charge on any atom is -0.333 e. The average Bonchev–Trinajstić information content (AvgIpc) is 2.79. The van der Waals surface area contributed by atoms with Gasteiger partial charge in [0.25, 0.3) is 13.2 Å². The molecule has 0 spiro atoms. The first-order chi connectivity index (χ1) is 18.3. The molecule has 0 radical (unpaired) electrons. The molecule has 0 aliphatic heterocycles. The molecule has 0 aliphatic carbocycles. The molecule has 0 rings (SSSR count). The fourth-order valence-electron chi connectivity index (χ4n) is 2.10. The van der Waals surface area contributed by atoms with E-state index in [1.807, 2.05) is 0 Å². The Bertz CT molecular complexity index is 930. The lowest BCUT2D eigenvalue weighted by atomic mass is 10.4. The number of hydrazine groups is 3. The Morgan fingerprint density at radius 1 is 0.425 bits per heavy atom. The lowest BCUT2D eigenvalue weighted by Crippen LogP contribution is -2.58. The van der Waals surface area contributed by atoms with E-state index in [0.29, 0.717) is 0 Å². The largest absolute Gasteiger partial charge is 0.723 e. The maximum absolute atomic E-state index is 11.2. The zero-order valence-corrected chi connectivity index (χ0v) is 18.8. The van der Waals surface area contributed by atoms with Gasteiger partial charge in [-0.1, -0.05) is 15.0 Å². The molecule has 0 aromatic rings. The third kappa shape index (κ3) is 7.47. The van der Waals surface area contributed by atoms with Crippen LogP contribution in [0.2, 0.25) is 0 Å². The summed E-state index contributed by atoms with van der Waals surface area (Å²) < 4.78 is 8.51. The summed E-state index contributed by atoms with van der Waals surface area (Å²) in [5, 5.41) is 92.7. The molecule has 0 saturated heterocycles. The summed E-state index contributed by atoms with van der Waals surface area (Å²) in [7, 11) is 0. The van der Waals surface area contributed by atoms with Crippen molar-refractivity contribution in [2.45, 2.75) is 11.6 Å². The van der Waals surface area contributed by atoms with E-state index in [4.69, 9.17) is 0 Å². The molecule has 32 heteroatoms. The Balaban J connectivity index is 5.68. The van der Waals surface area contributed by atoms with E-state index >= 15 is 0 Å². The van der Waals surface area contributed by atoms with E-state index in [0.717, 1.165) is 0 Å². The zero-order valence-electron chi connectivity index (χ0n) is 18.8. The molecule has 40 heavy (non-hydrogen) atoms. The van der Waals surface area contributed by atoms with Crippen LogP contribution in [0.5, 0.6) is 0 Å². The van der Waals surface area contributed by atoms with Gasteiger partial charge in [-0.25, -0.2) is 30.3 Å². The second-order valence-electron chi connectivity index (χ2n) is 6.56. The summed E-state index contributed by atoms with van der Waals surface area (Å²) in [6.07, 6.45) is 0. The van der Waals surface area contributed by atoms with E-state index in [-0.39, 0.29) is 0 Å². The molecular weight excluding hydrogens is 584 g/mol. The van der Waals surface area contributed by atoms with Gasteiger partial charge in [-0.15, -0.1) is 0 Å². The first-order valence-electron chi connectivity index (χ1n) is 8.99. The van der Waals surface area contributed by atoms with Crippen molar-refractivity contribution in [1.82, 2.24) is 15.0 Å². The normalized spacial score (nSPS) is 11.1. The third-order valence-corrected chi connectivity index (χ3v) is 4.17. The van der Waals surface area contributed by atoms with Gasteiger partial charge in [0.05, 0.1) is 0 Å². The van der Waals surface area contributed by atoms with Crippen LogP contribution in [0.15, 0.2) is 0 Å². The van der Waals surface area contributed by atoms with Crippen LogP contribution in [0, 0.1) is 91.0 Å². The van der Waals surface area contributed by atoms with Gasteiger partial charge >= 0.3 is 11.6 Å². The Morgan fingerprint density at radius 3 is 0.825 bits per heavy atom. The lowest BCUT2D eigenvalue weighted by Gasteiger charge is -2.22. The van der Waals surface area contributed by atoms with Crippen molar-refractivity contribution in [3.05, 3.63) is 91.0 Å². The van der Waals surface area contributed by atoms with Crippen LogP contribution in [0.25, 0.3) is 0 Å². The van der Waals surface area contributed by atoms with Crippen molar-refractivity contribution in [1.29, 1.82) is 0 Å². The summed E-state index contributed by atoms with van der Waals surface area (Å²) in [6.45, 7) is -10.7. The van der Waals surface area contributed by atoms with Gasteiger partial charge in [0.1, 0.15) is 0 Å². The quantitative estimate of drug-likeness (QED) is 0.0698. The summed E-state index contributed by atoms with van der Waals surface area (Å²) in [5.74, 6) is -8.48. The van der Waals surface area contributed by atoms with E-state index in [9.17, 15) is 91.0 Å². The second kappa shape index (κ2) is 13.5. The molecule has 0 N–H and O–H groups in total. The van der Waals surface area contributed by atoms with Crippen LogP contribution >= 0.6 is 0 Å². The Labute approximate surface area is 213 Å². The van der Waals surface area contributed by atoms with Crippen LogP contribution < -0.4 is 0 Å². The fourth-order valence-corrected chi connectivity index (χ4v) is 2.10. The van der Waals surface area contributed by atoms with Crippen LogP contribution in [0.3, 0.4) is 0 Å². The lowest BCUT2D eigenvalue weighted by molar-refractivity contribution is -0.971. The Kier molecular flexibility index (Phi) is 11.4. The van der Waals surface area contributed by atoms with Gasteiger partial charge in [0, 0.05) is 0 Å². The molecule has 0 atom stereocenters. The number of rotatable bonds is 21. The number of hydrogen-bond acceptors (Lipinski definition) is 20. The maximum Gasteiger partial charge on any atom is 0.723 e. The highest BCUT2D eigenvalue weighted by atomic mass is 16.8. The molecule has 0 fully saturated rings. The molecule has 0 saturated carbocycles. The van der Waals surface area contributed by atoms with E-state index in [2.05, 4.69) is 9.47 Å². The maximum atomic E-state index is 11.2. The highest BCUT2D eigenvalue weighted by Crippen LogP contribution is 2.15. The van der Waals surface area contributed by atoms with Gasteiger partial charge in [-0.3, -0.25) is 60.7 Å². The SMILES string of the molecule is O=[N+]([O-])N(COCC([N+](=O)[O-])([N+](=O)[O-])[N+](=O)[O-])CN(CN(COCC([N+](=O)[O-])([N+](=O)[O-])[N+](=O)[O-])[N+](=O)[O-])[N+](=O)[O-]. The molecule has 224 valence electrons. The molecule has 0 aromatic heterocycles. The standard InChI is InChI=1S/C8H12N12O20/c21-12(22)7(13(23)24,14(25)26)1-39-5-10(19(35)36)3-9(18(33)34)4-11(20(37)38)6-40-2-8(15(27)28,16(29)30)17(31)32/h1-6H2. The molecule has 0 amide bonds. The van der Waals surface area contributed by atoms with Crippen molar-refractivity contribution in [2.24, 2.45) is 0 Å². The van der Waals surface area contributed by atoms with Crippen molar-refractivity contribution < 1.29 is 54.1 Å². The minimum atomic E-state index is -4.24. The highest BCUT2D eigenvalue weighted by Gasteiger charge is 2.72. The van der Waals surface area contributed by atoms with Crippen LogP contribution in [-0.4, -0.2) is 111 Å². The summed E-state index contributed by atoms with van der Waals surface area (Å²) in [6, 6.07) is 0. The predicted molar refractivity (Wildman–Crippen MR) is 105 cm³/mol. The molecular formula is C8H12N12O20. The molecule has 32 nitrogen and oxygen atoms in total. The van der Waals surface area contributed by atoms with Crippen molar-refractivity contribution >= 4 is 0 Å². The second-order valence-corrected chi connectivity index (χ2v) is 6.56. The predicted octanol–water partition coefficient (Wildman–Crippen LogP) is -3.70. The van der Waals surface area contributed by atoms with Gasteiger partial charge in [0.2, 0.25) is 13.3 Å². The van der Waals surface area contributed by atoms with Gasteiger partial charge < -0.3 is 9.47 Å². The third-order valence-electron chi connectivity index (χ3n) is 4.17. The summed E-state index contributed by atoms with van der Waals surface area (Å²) >= 11 is 0. The Morgan fingerprint density at radius 2 is 0.650 bits per heavy atom. The van der Waals surface area contributed by atoms with Gasteiger partial charge in [-0.2, -0.15) is 0 Å². The monoisotopic (exact) mass is 596 g/mol. The van der Waals surface area contributed by atoms with Crippen LogP contribution in [-0.2, 0) is 9.47 Å². The molecule has 0 unspecified atom stereocenters. The number of nitro groups is 9. The zero-order chi connectivity index (χ0) is 31.6. The summed E-state index contributed by atoms with van der Waals surface area (Å²) in [4.78, 5) is 86.5. The van der Waals surface area contributed by atoms with Gasteiger partial charge in [0.15, 0.2) is 58.1 Å². The average molecular weight is 596 g/mol. The number of nitrogens with zero attached hydrogens (tertiary/aromatic N) is 12. The van der Waals surface area contributed by atoms with E-state index in [1.54, 1.807) is 0 Å². The van der Waals surface area contributed by atoms with E-state index < -0.39 is 111 Å². The molecule has 0 aliphatic rings. The fraction of sp³-hybridized carbons (Fsp3) is 1.00.